The number of halogens is 4. The Kier molecular flexibility index (Phi) is 6.00. The topological polar surface area (TPSA) is 64.4 Å². The molecule has 0 atom stereocenters. The monoisotopic (exact) mass is 453 g/mol. The van der Waals surface area contributed by atoms with Crippen LogP contribution in [0.5, 0.6) is 0 Å². The molecule has 0 aliphatic rings. The SMILES string of the molecule is CCN(C(=O)OC(C)(C)C)c1nc2c(Cl)ccc(F)c2c(=O)n1-c1cc(F)cc(F)c1. The Balaban J connectivity index is 2.42. The highest BCUT2D eigenvalue weighted by Crippen LogP contribution is 2.27. The van der Waals surface area contributed by atoms with E-state index in [2.05, 4.69) is 4.98 Å². The predicted molar refractivity (Wildman–Crippen MR) is 111 cm³/mol. The van der Waals surface area contributed by atoms with Crippen LogP contribution in [0.25, 0.3) is 16.6 Å². The number of nitrogens with zero attached hydrogens (tertiary/aromatic N) is 3. The first-order valence-corrected chi connectivity index (χ1v) is 9.68. The summed E-state index contributed by atoms with van der Waals surface area (Å²) in [6, 6.07) is 4.55. The molecule has 0 saturated heterocycles. The van der Waals surface area contributed by atoms with Crippen molar-refractivity contribution in [2.45, 2.75) is 33.3 Å². The fourth-order valence-corrected chi connectivity index (χ4v) is 3.16. The molecule has 0 saturated carbocycles. The smallest absolute Gasteiger partial charge is 0.417 e. The molecule has 0 aliphatic carbocycles. The number of carbonyl (C=O) groups excluding carboxylic acids is 1. The minimum Gasteiger partial charge on any atom is -0.443 e. The Labute approximate surface area is 180 Å². The van der Waals surface area contributed by atoms with Gasteiger partial charge in [0.25, 0.3) is 5.56 Å². The van der Waals surface area contributed by atoms with Crippen LogP contribution in [0.4, 0.5) is 23.9 Å². The van der Waals surface area contributed by atoms with Crippen LogP contribution in [-0.4, -0.2) is 27.8 Å². The Morgan fingerprint density at radius 1 is 1.16 bits per heavy atom. The van der Waals surface area contributed by atoms with Gasteiger partial charge in [0.1, 0.15) is 34.0 Å². The van der Waals surface area contributed by atoms with Gasteiger partial charge in [0.15, 0.2) is 0 Å². The van der Waals surface area contributed by atoms with Crippen molar-refractivity contribution in [2.75, 3.05) is 11.4 Å². The molecule has 2 aromatic carbocycles. The number of carbonyl (C=O) groups is 1. The third-order valence-corrected chi connectivity index (χ3v) is 4.49. The molecule has 3 aromatic rings. The fourth-order valence-electron chi connectivity index (χ4n) is 2.96. The second-order valence-corrected chi connectivity index (χ2v) is 8.06. The maximum absolute atomic E-state index is 14.5. The maximum Gasteiger partial charge on any atom is 0.417 e. The van der Waals surface area contributed by atoms with E-state index in [-0.39, 0.29) is 28.7 Å². The highest BCUT2D eigenvalue weighted by atomic mass is 35.5. The zero-order valence-electron chi connectivity index (χ0n) is 17.2. The van der Waals surface area contributed by atoms with Crippen LogP contribution in [0.2, 0.25) is 5.02 Å². The lowest BCUT2D eigenvalue weighted by Crippen LogP contribution is -2.40. The van der Waals surface area contributed by atoms with Crippen LogP contribution in [0.15, 0.2) is 35.1 Å². The van der Waals surface area contributed by atoms with E-state index in [1.165, 1.54) is 6.07 Å². The van der Waals surface area contributed by atoms with E-state index in [1.807, 2.05) is 0 Å². The Hall–Kier alpha value is -3.07. The van der Waals surface area contributed by atoms with Crippen LogP contribution in [0, 0.1) is 17.5 Å². The van der Waals surface area contributed by atoms with Gasteiger partial charge in [0.05, 0.1) is 10.7 Å². The van der Waals surface area contributed by atoms with E-state index < -0.39 is 40.1 Å². The summed E-state index contributed by atoms with van der Waals surface area (Å²) in [6.07, 6.45) is -0.862. The number of rotatable bonds is 3. The highest BCUT2D eigenvalue weighted by molar-refractivity contribution is 6.35. The lowest BCUT2D eigenvalue weighted by molar-refractivity contribution is 0.0579. The van der Waals surface area contributed by atoms with Crippen molar-refractivity contribution in [3.05, 3.63) is 63.2 Å². The summed E-state index contributed by atoms with van der Waals surface area (Å²) < 4.78 is 48.5. The molecule has 0 spiro atoms. The van der Waals surface area contributed by atoms with Gasteiger partial charge in [-0.1, -0.05) is 11.6 Å². The van der Waals surface area contributed by atoms with Crippen LogP contribution in [-0.2, 0) is 4.74 Å². The number of anilines is 1. The number of benzene rings is 2. The zero-order valence-corrected chi connectivity index (χ0v) is 17.9. The molecule has 0 N–H and O–H groups in total. The molecule has 10 heteroatoms. The zero-order chi connectivity index (χ0) is 23.1. The number of amides is 1. The lowest BCUT2D eigenvalue weighted by Gasteiger charge is -2.27. The molecule has 1 heterocycles. The molecule has 3 rings (SSSR count). The van der Waals surface area contributed by atoms with Crippen molar-refractivity contribution in [3.8, 4) is 5.69 Å². The summed E-state index contributed by atoms with van der Waals surface area (Å²) in [5.74, 6) is -3.19. The van der Waals surface area contributed by atoms with Gasteiger partial charge in [-0.15, -0.1) is 0 Å². The summed E-state index contributed by atoms with van der Waals surface area (Å²) >= 11 is 6.12. The first-order valence-electron chi connectivity index (χ1n) is 9.30. The van der Waals surface area contributed by atoms with Crippen molar-refractivity contribution in [1.82, 2.24) is 9.55 Å². The molecule has 0 unspecified atom stereocenters. The number of hydrogen-bond donors (Lipinski definition) is 0. The summed E-state index contributed by atoms with van der Waals surface area (Å²) in [6.45, 7) is 6.51. The van der Waals surface area contributed by atoms with Gasteiger partial charge in [-0.25, -0.2) is 32.4 Å². The highest BCUT2D eigenvalue weighted by Gasteiger charge is 2.28. The van der Waals surface area contributed by atoms with Crippen LogP contribution in [0.1, 0.15) is 27.7 Å². The molecular weight excluding hydrogens is 435 g/mol. The third-order valence-electron chi connectivity index (χ3n) is 4.18. The summed E-state index contributed by atoms with van der Waals surface area (Å²) in [5.41, 5.74) is -2.35. The maximum atomic E-state index is 14.5. The van der Waals surface area contributed by atoms with Gasteiger partial charge < -0.3 is 4.74 Å². The van der Waals surface area contributed by atoms with E-state index in [0.29, 0.717) is 6.07 Å². The molecule has 1 aromatic heterocycles. The summed E-state index contributed by atoms with van der Waals surface area (Å²) in [5, 5.41) is -0.520. The van der Waals surface area contributed by atoms with Crippen molar-refractivity contribution in [1.29, 1.82) is 0 Å². The van der Waals surface area contributed by atoms with Crippen molar-refractivity contribution in [3.63, 3.8) is 0 Å². The van der Waals surface area contributed by atoms with Crippen molar-refractivity contribution < 1.29 is 22.7 Å². The number of aromatic nitrogens is 2. The molecular formula is C21H19ClF3N3O3. The van der Waals surface area contributed by atoms with Crippen LogP contribution >= 0.6 is 11.6 Å². The standard InChI is InChI=1S/C21H19ClF3N3O3/c1-5-27(20(30)31-21(2,3)4)19-26-17-14(22)6-7-15(25)16(17)18(29)28(19)13-9-11(23)8-12(24)10-13/h6-10H,5H2,1-4H3. The Morgan fingerprint density at radius 3 is 2.32 bits per heavy atom. The first kappa shape index (κ1) is 22.6. The van der Waals surface area contributed by atoms with Gasteiger partial charge in [0, 0.05) is 12.6 Å². The van der Waals surface area contributed by atoms with Crippen molar-refractivity contribution in [2.24, 2.45) is 0 Å². The largest absolute Gasteiger partial charge is 0.443 e. The van der Waals surface area contributed by atoms with Crippen LogP contribution < -0.4 is 10.5 Å². The summed E-state index contributed by atoms with van der Waals surface area (Å²) in [7, 11) is 0. The van der Waals surface area contributed by atoms with Gasteiger partial charge in [-0.3, -0.25) is 4.79 Å². The molecule has 1 amide bonds. The average Bonchev–Trinajstić information content (AvgIpc) is 2.63. The van der Waals surface area contributed by atoms with E-state index >= 15 is 0 Å². The van der Waals surface area contributed by atoms with Crippen molar-refractivity contribution >= 4 is 34.5 Å². The second kappa shape index (κ2) is 8.22. The number of hydrogen-bond acceptors (Lipinski definition) is 4. The van der Waals surface area contributed by atoms with E-state index in [9.17, 15) is 22.8 Å². The first-order chi connectivity index (χ1) is 14.4. The lowest BCUT2D eigenvalue weighted by atomic mass is 10.2. The molecule has 0 fully saturated rings. The van der Waals surface area contributed by atoms with Gasteiger partial charge in [-0.05, 0) is 52.0 Å². The Bertz CT molecular complexity index is 1220. The quantitative estimate of drug-likeness (QED) is 0.545. The van der Waals surface area contributed by atoms with Gasteiger partial charge in [0.2, 0.25) is 5.95 Å². The summed E-state index contributed by atoms with van der Waals surface area (Å²) in [4.78, 5) is 31.3. The normalized spacial score (nSPS) is 11.6. The number of ether oxygens (including phenoxy) is 1. The predicted octanol–water partition coefficient (Wildman–Crippen LogP) is 5.22. The van der Waals surface area contributed by atoms with Gasteiger partial charge >= 0.3 is 6.09 Å². The second-order valence-electron chi connectivity index (χ2n) is 7.66. The molecule has 31 heavy (non-hydrogen) atoms. The fraction of sp³-hybridized carbons (Fsp3) is 0.286. The minimum absolute atomic E-state index is 0.0163. The van der Waals surface area contributed by atoms with E-state index in [4.69, 9.17) is 16.3 Å². The van der Waals surface area contributed by atoms with Crippen LogP contribution in [0.3, 0.4) is 0 Å². The molecule has 164 valence electrons. The minimum atomic E-state index is -0.994. The van der Waals surface area contributed by atoms with Gasteiger partial charge in [-0.2, -0.15) is 0 Å². The Morgan fingerprint density at radius 2 is 1.77 bits per heavy atom. The molecule has 0 radical (unpaired) electrons. The third kappa shape index (κ3) is 4.51. The molecule has 0 aliphatic heterocycles. The van der Waals surface area contributed by atoms with E-state index in [1.54, 1.807) is 27.7 Å². The average molecular weight is 454 g/mol. The molecule has 6 nitrogen and oxygen atoms in total. The van der Waals surface area contributed by atoms with E-state index in [0.717, 1.165) is 27.7 Å². The number of fused-ring (bicyclic) bond motifs is 1. The molecule has 0 bridgehead atoms.